The van der Waals surface area contributed by atoms with E-state index in [0.29, 0.717) is 0 Å². The molecule has 0 aliphatic heterocycles. The van der Waals surface area contributed by atoms with Crippen molar-refractivity contribution in [2.75, 3.05) is 0 Å². The molecule has 0 unspecified atom stereocenters. The Bertz CT molecular complexity index is 974. The lowest BCUT2D eigenvalue weighted by Gasteiger charge is -2.10. The maximum atomic E-state index is 5.75. The second-order valence-electron chi connectivity index (χ2n) is 5.53. The van der Waals surface area contributed by atoms with Crippen LogP contribution in [0.15, 0.2) is 66.8 Å². The molecule has 0 N–H and O–H groups in total. The van der Waals surface area contributed by atoms with E-state index in [2.05, 4.69) is 5.92 Å². The number of aryl methyl sites for hydroxylation is 1. The van der Waals surface area contributed by atoms with E-state index in [1.807, 2.05) is 80.6 Å². The summed E-state index contributed by atoms with van der Waals surface area (Å²) < 4.78 is 0. The van der Waals surface area contributed by atoms with Crippen molar-refractivity contribution in [3.8, 4) is 23.6 Å². The number of allylic oxidation sites excluding steroid dienone is 4. The molecule has 0 aliphatic carbocycles. The molecular weight excluding hydrogens is 292 g/mol. The largest absolute Gasteiger partial charge is 0.244 e. The third-order valence-electron chi connectivity index (χ3n) is 3.73. The van der Waals surface area contributed by atoms with Gasteiger partial charge in [-0.25, -0.2) is 9.97 Å². The molecule has 2 nitrogen and oxygen atoms in total. The van der Waals surface area contributed by atoms with Crippen LogP contribution in [-0.2, 0) is 0 Å². The summed E-state index contributed by atoms with van der Waals surface area (Å²) in [6.07, 6.45) is 11.5. The molecule has 1 heterocycles. The Morgan fingerprint density at radius 2 is 1.83 bits per heavy atom. The lowest BCUT2D eigenvalue weighted by Crippen LogP contribution is -1.98. The molecule has 0 spiro atoms. The molecule has 2 heteroatoms. The van der Waals surface area contributed by atoms with Gasteiger partial charge < -0.3 is 0 Å². The van der Waals surface area contributed by atoms with Crippen LogP contribution in [0.1, 0.15) is 18.2 Å². The van der Waals surface area contributed by atoms with Crippen molar-refractivity contribution in [3.63, 3.8) is 0 Å². The molecule has 3 rings (SSSR count). The van der Waals surface area contributed by atoms with Crippen molar-refractivity contribution in [1.29, 1.82) is 0 Å². The van der Waals surface area contributed by atoms with Gasteiger partial charge in [0.25, 0.3) is 0 Å². The Morgan fingerprint density at radius 1 is 1.04 bits per heavy atom. The molecule has 0 aliphatic rings. The summed E-state index contributed by atoms with van der Waals surface area (Å²) in [7, 11) is 0. The topological polar surface area (TPSA) is 25.8 Å². The minimum absolute atomic E-state index is 0.725. The monoisotopic (exact) mass is 310 g/mol. The number of hydrogen-bond acceptors (Lipinski definition) is 2. The van der Waals surface area contributed by atoms with Crippen LogP contribution in [0.2, 0.25) is 0 Å². The number of hydrogen-bond donors (Lipinski definition) is 0. The van der Waals surface area contributed by atoms with Crippen molar-refractivity contribution < 1.29 is 0 Å². The second kappa shape index (κ2) is 6.93. The second-order valence-corrected chi connectivity index (χ2v) is 5.53. The van der Waals surface area contributed by atoms with Crippen LogP contribution in [-0.4, -0.2) is 9.97 Å². The summed E-state index contributed by atoms with van der Waals surface area (Å²) in [6.45, 7) is 4.00. The van der Waals surface area contributed by atoms with Crippen LogP contribution in [0.3, 0.4) is 0 Å². The van der Waals surface area contributed by atoms with Gasteiger partial charge >= 0.3 is 0 Å². The summed E-state index contributed by atoms with van der Waals surface area (Å²) in [5.74, 6) is 2.75. The minimum Gasteiger partial charge on any atom is -0.244 e. The maximum absolute atomic E-state index is 5.75. The van der Waals surface area contributed by atoms with Crippen LogP contribution in [0.25, 0.3) is 27.9 Å². The summed E-state index contributed by atoms with van der Waals surface area (Å²) in [4.78, 5) is 9.67. The van der Waals surface area contributed by atoms with Crippen LogP contribution in [0.4, 0.5) is 0 Å². The molecule has 1 aromatic heterocycles. The quantitative estimate of drug-likeness (QED) is 0.491. The average molecular weight is 310 g/mol. The normalized spacial score (nSPS) is 11.8. The molecule has 0 amide bonds. The van der Waals surface area contributed by atoms with Crippen LogP contribution in [0, 0.1) is 19.3 Å². The molecule has 0 saturated carbocycles. The van der Waals surface area contributed by atoms with Gasteiger partial charge in [-0.15, -0.1) is 6.42 Å². The average Bonchev–Trinajstić information content (AvgIpc) is 2.62. The van der Waals surface area contributed by atoms with Crippen molar-refractivity contribution >= 4 is 16.6 Å². The first-order chi connectivity index (χ1) is 11.7. The van der Waals surface area contributed by atoms with Gasteiger partial charge in [-0.05, 0) is 37.6 Å². The summed E-state index contributed by atoms with van der Waals surface area (Å²) in [6, 6.07) is 16.1. The summed E-state index contributed by atoms with van der Waals surface area (Å²) >= 11 is 0. The molecule has 0 fully saturated rings. The van der Waals surface area contributed by atoms with Crippen LogP contribution in [0.5, 0.6) is 0 Å². The number of benzene rings is 2. The van der Waals surface area contributed by atoms with Gasteiger partial charge in [-0.2, -0.15) is 0 Å². The molecule has 0 saturated heterocycles. The van der Waals surface area contributed by atoms with Crippen molar-refractivity contribution in [2.24, 2.45) is 0 Å². The first-order valence-electron chi connectivity index (χ1n) is 7.86. The van der Waals surface area contributed by atoms with Gasteiger partial charge in [0, 0.05) is 5.56 Å². The van der Waals surface area contributed by atoms with Gasteiger partial charge in [0.05, 0.1) is 22.3 Å². The highest BCUT2D eigenvalue weighted by Gasteiger charge is 2.13. The first-order valence-corrected chi connectivity index (χ1v) is 7.86. The van der Waals surface area contributed by atoms with E-state index >= 15 is 0 Å². The standard InChI is InChI=1S/C22H18N2/c1-4-6-10-17(5-2)21-22(18-11-8-7-9-12-18)23-19-14-13-16(3)15-20(19)24-21/h2,4,6-15H,1,3H3/b6-4-,17-10+. The Labute approximate surface area is 142 Å². The maximum Gasteiger partial charge on any atom is 0.106 e. The van der Waals surface area contributed by atoms with Gasteiger partial charge in [0.15, 0.2) is 0 Å². The predicted molar refractivity (Wildman–Crippen MR) is 101 cm³/mol. The smallest absolute Gasteiger partial charge is 0.106 e. The van der Waals surface area contributed by atoms with Crippen LogP contribution >= 0.6 is 0 Å². The van der Waals surface area contributed by atoms with E-state index in [0.717, 1.165) is 39.1 Å². The minimum atomic E-state index is 0.725. The molecule has 2 aromatic carbocycles. The molecular formula is C22H18N2. The molecule has 0 radical (unpaired) electrons. The number of aromatic nitrogens is 2. The number of fused-ring (bicyclic) bond motifs is 1. The fourth-order valence-corrected chi connectivity index (χ4v) is 2.54. The number of rotatable bonds is 3. The molecule has 0 atom stereocenters. The number of nitrogens with zero attached hydrogens (tertiary/aromatic N) is 2. The van der Waals surface area contributed by atoms with E-state index in [1.54, 1.807) is 0 Å². The first kappa shape index (κ1) is 15.7. The third-order valence-corrected chi connectivity index (χ3v) is 3.73. The molecule has 0 bridgehead atoms. The van der Waals surface area contributed by atoms with Crippen molar-refractivity contribution in [3.05, 3.63) is 78.0 Å². The highest BCUT2D eigenvalue weighted by molar-refractivity contribution is 5.89. The summed E-state index contributed by atoms with van der Waals surface area (Å²) in [5, 5.41) is 0. The van der Waals surface area contributed by atoms with Gasteiger partial charge in [0.1, 0.15) is 5.69 Å². The van der Waals surface area contributed by atoms with E-state index < -0.39 is 0 Å². The Morgan fingerprint density at radius 3 is 2.54 bits per heavy atom. The zero-order chi connectivity index (χ0) is 16.9. The SMILES string of the molecule is C#C/C(=C\C=C/C)c1nc2cc(C)ccc2nc1-c1ccccc1. The fraction of sp³-hybridized carbons (Fsp3) is 0.0909. The van der Waals surface area contributed by atoms with Crippen LogP contribution < -0.4 is 0 Å². The van der Waals surface area contributed by atoms with Gasteiger partial charge in [-0.1, -0.05) is 54.5 Å². The molecule has 24 heavy (non-hydrogen) atoms. The predicted octanol–water partition coefficient (Wildman–Crippen LogP) is 5.20. The summed E-state index contributed by atoms with van der Waals surface area (Å²) in [5.41, 5.74) is 6.14. The fourth-order valence-electron chi connectivity index (χ4n) is 2.54. The molecule has 3 aromatic rings. The lowest BCUT2D eigenvalue weighted by atomic mass is 10.0. The van der Waals surface area contributed by atoms with E-state index in [9.17, 15) is 0 Å². The highest BCUT2D eigenvalue weighted by Crippen LogP contribution is 2.28. The van der Waals surface area contributed by atoms with Gasteiger partial charge in [-0.3, -0.25) is 0 Å². The van der Waals surface area contributed by atoms with E-state index in [-0.39, 0.29) is 0 Å². The lowest BCUT2D eigenvalue weighted by molar-refractivity contribution is 1.25. The van der Waals surface area contributed by atoms with Crippen molar-refractivity contribution in [2.45, 2.75) is 13.8 Å². The Balaban J connectivity index is 2.33. The molecule has 116 valence electrons. The van der Waals surface area contributed by atoms with E-state index in [1.165, 1.54) is 0 Å². The Hall–Kier alpha value is -3.18. The third kappa shape index (κ3) is 3.11. The Kier molecular flexibility index (Phi) is 4.54. The highest BCUT2D eigenvalue weighted by atomic mass is 14.8. The van der Waals surface area contributed by atoms with Gasteiger partial charge in [0.2, 0.25) is 0 Å². The van der Waals surface area contributed by atoms with E-state index in [4.69, 9.17) is 16.4 Å². The zero-order valence-electron chi connectivity index (χ0n) is 13.8. The van der Waals surface area contributed by atoms with Crippen molar-refractivity contribution in [1.82, 2.24) is 9.97 Å². The zero-order valence-corrected chi connectivity index (χ0v) is 13.8. The number of terminal acetylenes is 1.